The zero-order chi connectivity index (χ0) is 37.6. The van der Waals surface area contributed by atoms with Crippen LogP contribution in [0.1, 0.15) is 17.7 Å². The molecule has 21 heteroatoms. The summed E-state index contributed by atoms with van der Waals surface area (Å²) in [6.07, 6.45) is -5.39. The third kappa shape index (κ3) is 10.9. The van der Waals surface area contributed by atoms with Gasteiger partial charge in [0, 0.05) is 69.4 Å². The Kier molecular flexibility index (Phi) is 13.1. The Morgan fingerprint density at radius 1 is 1.02 bits per heavy atom. The summed E-state index contributed by atoms with van der Waals surface area (Å²) in [4.78, 5) is 32.2. The van der Waals surface area contributed by atoms with Gasteiger partial charge in [-0.05, 0) is 36.4 Å². The van der Waals surface area contributed by atoms with Crippen LogP contribution in [0.4, 0.5) is 32.0 Å². The molecule has 6 rings (SSSR count). The van der Waals surface area contributed by atoms with E-state index in [4.69, 9.17) is 29.5 Å². The second-order valence-electron chi connectivity index (χ2n) is 11.3. The summed E-state index contributed by atoms with van der Waals surface area (Å²) in [6.45, 7) is 7.16. The lowest BCUT2D eigenvalue weighted by atomic mass is 10.2. The van der Waals surface area contributed by atoms with Crippen LogP contribution in [0.15, 0.2) is 52.2 Å². The number of sulfonamides is 1. The third-order valence-corrected chi connectivity index (χ3v) is 11.8. The Bertz CT molecular complexity index is 1840. The number of piperazine rings is 1. The van der Waals surface area contributed by atoms with Crippen molar-refractivity contribution in [3.8, 4) is 10.7 Å². The SMILES string of the molecule is CN(c1cccc2cc(-c3ncc(CN4CCN(CC5CCCO5)CC4)s3)[nH]c12)S(=O)(=O)c1cccs1.O=C(O)C(F)(F)F.O=C(O)C(F)(F)F. The molecule has 2 aliphatic heterocycles. The van der Waals surface area contributed by atoms with Gasteiger partial charge in [-0.2, -0.15) is 26.3 Å². The fourth-order valence-electron chi connectivity index (χ4n) is 5.12. The van der Waals surface area contributed by atoms with E-state index in [2.05, 4.69) is 20.9 Å². The molecule has 4 aromatic rings. The lowest BCUT2D eigenvalue weighted by Crippen LogP contribution is -2.47. The Labute approximate surface area is 295 Å². The van der Waals surface area contributed by atoms with E-state index < -0.39 is 34.3 Å². The number of aromatic nitrogens is 2. The summed E-state index contributed by atoms with van der Waals surface area (Å²) in [5.74, 6) is -5.51. The van der Waals surface area contributed by atoms with Crippen LogP contribution in [-0.4, -0.2) is 115 Å². The quantitative estimate of drug-likeness (QED) is 0.188. The smallest absolute Gasteiger partial charge is 0.475 e. The van der Waals surface area contributed by atoms with Gasteiger partial charge in [-0.1, -0.05) is 18.2 Å². The molecule has 5 heterocycles. The average molecular weight is 786 g/mol. The van der Waals surface area contributed by atoms with Crippen LogP contribution in [-0.2, 0) is 30.9 Å². The van der Waals surface area contributed by atoms with Gasteiger partial charge in [0.2, 0.25) is 0 Å². The first-order chi connectivity index (χ1) is 23.9. The van der Waals surface area contributed by atoms with Crippen LogP contribution in [0.3, 0.4) is 0 Å². The summed E-state index contributed by atoms with van der Waals surface area (Å²) in [5, 5.41) is 17.9. The van der Waals surface area contributed by atoms with Crippen molar-refractivity contribution in [3.05, 3.63) is 52.9 Å². The van der Waals surface area contributed by atoms with Gasteiger partial charge in [0.05, 0.1) is 23.0 Å². The number of benzene rings is 1. The van der Waals surface area contributed by atoms with Crippen molar-refractivity contribution in [1.82, 2.24) is 19.8 Å². The monoisotopic (exact) mass is 785 g/mol. The van der Waals surface area contributed by atoms with Crippen molar-refractivity contribution in [2.45, 2.75) is 42.1 Å². The molecule has 3 aromatic heterocycles. The number of carbonyl (C=O) groups is 2. The number of hydrogen-bond donors (Lipinski definition) is 3. The van der Waals surface area contributed by atoms with Gasteiger partial charge in [0.25, 0.3) is 10.0 Å². The predicted octanol–water partition coefficient (Wildman–Crippen LogP) is 5.74. The molecule has 280 valence electrons. The molecule has 2 saturated heterocycles. The number of carboxylic acids is 2. The number of nitrogens with one attached hydrogen (secondary N) is 1. The summed E-state index contributed by atoms with van der Waals surface area (Å²) in [7, 11) is -2.01. The highest BCUT2D eigenvalue weighted by Crippen LogP contribution is 2.35. The maximum absolute atomic E-state index is 13.1. The number of anilines is 1. The van der Waals surface area contributed by atoms with Gasteiger partial charge in [-0.15, -0.1) is 22.7 Å². The minimum atomic E-state index is -5.08. The topological polar surface area (TPSA) is 156 Å². The number of thiazole rings is 1. The van der Waals surface area contributed by atoms with Gasteiger partial charge in [0.1, 0.15) is 9.22 Å². The van der Waals surface area contributed by atoms with E-state index in [9.17, 15) is 34.8 Å². The summed E-state index contributed by atoms with van der Waals surface area (Å²) in [6, 6.07) is 11.2. The summed E-state index contributed by atoms with van der Waals surface area (Å²) >= 11 is 2.92. The molecule has 0 aliphatic carbocycles. The molecule has 3 N–H and O–H groups in total. The number of aliphatic carboxylic acids is 2. The molecular weight excluding hydrogens is 753 g/mol. The highest BCUT2D eigenvalue weighted by Gasteiger charge is 2.39. The van der Waals surface area contributed by atoms with Gasteiger partial charge < -0.3 is 19.9 Å². The fourth-order valence-corrected chi connectivity index (χ4v) is 8.42. The van der Waals surface area contributed by atoms with E-state index in [1.54, 1.807) is 35.9 Å². The van der Waals surface area contributed by atoms with Crippen molar-refractivity contribution in [1.29, 1.82) is 0 Å². The number of H-pyrrole nitrogens is 1. The minimum Gasteiger partial charge on any atom is -0.475 e. The lowest BCUT2D eigenvalue weighted by Gasteiger charge is -2.35. The molecule has 1 atom stereocenters. The first-order valence-corrected chi connectivity index (χ1v) is 18.3. The number of thiophene rings is 1. The first-order valence-electron chi connectivity index (χ1n) is 15.1. The minimum absolute atomic E-state index is 0.330. The second-order valence-corrected chi connectivity index (χ2v) is 15.5. The number of para-hydroxylation sites is 1. The summed E-state index contributed by atoms with van der Waals surface area (Å²) in [5.41, 5.74) is 2.32. The molecule has 2 aliphatic rings. The normalized spacial score (nSPS) is 17.4. The third-order valence-electron chi connectivity index (χ3n) is 7.68. The maximum Gasteiger partial charge on any atom is 0.490 e. The van der Waals surface area contributed by atoms with Crippen molar-refractivity contribution in [3.63, 3.8) is 0 Å². The van der Waals surface area contributed by atoms with Crippen LogP contribution in [0.25, 0.3) is 21.6 Å². The molecule has 2 fully saturated rings. The number of rotatable bonds is 8. The molecule has 0 spiro atoms. The molecule has 1 aromatic carbocycles. The Morgan fingerprint density at radius 3 is 2.20 bits per heavy atom. The number of alkyl halides is 6. The Hall–Kier alpha value is -3.76. The van der Waals surface area contributed by atoms with Crippen LogP contribution < -0.4 is 4.31 Å². The van der Waals surface area contributed by atoms with Crippen molar-refractivity contribution in [2.24, 2.45) is 0 Å². The number of aromatic amines is 1. The van der Waals surface area contributed by atoms with E-state index >= 15 is 0 Å². The molecular formula is C30H33F6N5O7S3. The van der Waals surface area contributed by atoms with Gasteiger partial charge >= 0.3 is 24.3 Å². The number of ether oxygens (including phenoxy) is 1. The zero-order valence-corrected chi connectivity index (χ0v) is 29.2. The van der Waals surface area contributed by atoms with Crippen molar-refractivity contribution in [2.75, 3.05) is 50.7 Å². The highest BCUT2D eigenvalue weighted by atomic mass is 32.2. The van der Waals surface area contributed by atoms with Gasteiger partial charge in [-0.25, -0.2) is 23.0 Å². The summed E-state index contributed by atoms with van der Waals surface area (Å²) < 4.78 is 97.2. The fraction of sp³-hybridized carbons (Fsp3) is 0.433. The van der Waals surface area contributed by atoms with E-state index in [-0.39, 0.29) is 0 Å². The molecule has 0 saturated carbocycles. The predicted molar refractivity (Wildman–Crippen MR) is 177 cm³/mol. The molecule has 0 amide bonds. The average Bonchev–Trinajstić information content (AvgIpc) is 3.88. The van der Waals surface area contributed by atoms with E-state index in [0.29, 0.717) is 16.0 Å². The number of carboxylic acid groups (broad SMARTS) is 2. The van der Waals surface area contributed by atoms with E-state index in [0.717, 1.165) is 67.5 Å². The number of nitrogens with zero attached hydrogens (tertiary/aromatic N) is 4. The van der Waals surface area contributed by atoms with Crippen molar-refractivity contribution >= 4 is 61.2 Å². The highest BCUT2D eigenvalue weighted by molar-refractivity contribution is 7.94. The standard InChI is InChI=1S/C26H31N5O3S3.2C2HF3O2/c1-29(37(32,33)24-8-4-14-35-24)23-7-2-5-19-15-22(28-25(19)23)26-27-16-21(36-26)18-31-11-9-30(10-12-31)17-20-6-3-13-34-20;2*3-2(4,5)1(6)7/h2,4-5,7-8,14-16,20,28H,3,6,9-13,17-18H2,1H3;2*(H,6,7). The number of fused-ring (bicyclic) bond motifs is 1. The molecule has 1 unspecified atom stereocenters. The molecule has 0 bridgehead atoms. The van der Waals surface area contributed by atoms with Crippen molar-refractivity contribution < 1.29 is 59.3 Å². The first kappa shape index (κ1) is 40.0. The Morgan fingerprint density at radius 2 is 1.65 bits per heavy atom. The van der Waals surface area contributed by atoms with Gasteiger partial charge in [0.15, 0.2) is 0 Å². The van der Waals surface area contributed by atoms with Crippen LogP contribution in [0.2, 0.25) is 0 Å². The van der Waals surface area contributed by atoms with E-state index in [1.807, 2.05) is 24.4 Å². The molecule has 51 heavy (non-hydrogen) atoms. The second kappa shape index (κ2) is 16.7. The van der Waals surface area contributed by atoms with Crippen LogP contribution >= 0.6 is 22.7 Å². The zero-order valence-electron chi connectivity index (χ0n) is 26.8. The van der Waals surface area contributed by atoms with Crippen LogP contribution in [0, 0.1) is 0 Å². The molecule has 0 radical (unpaired) electrons. The van der Waals surface area contributed by atoms with Crippen LogP contribution in [0.5, 0.6) is 0 Å². The number of hydrogen-bond acceptors (Lipinski definition) is 10. The molecule has 12 nitrogen and oxygen atoms in total. The van der Waals surface area contributed by atoms with E-state index in [1.165, 1.54) is 33.4 Å². The Balaban J connectivity index is 0.000000353. The lowest BCUT2D eigenvalue weighted by molar-refractivity contribution is -0.193. The largest absolute Gasteiger partial charge is 0.490 e. The maximum atomic E-state index is 13.1. The van der Waals surface area contributed by atoms with Gasteiger partial charge in [-0.3, -0.25) is 14.1 Å². The number of halogens is 6.